The molecule has 2 atom stereocenters. The standard InChI is InChI=1S/C24H32O4Si/c1-5-24(22(26)27-18-25)16-19(24)17-28-29(23(2,3)4,20-12-8-6-9-13-20)21-14-10-7-11-15-21/h6-15,19,25H,5,16-18H2,1-4H3. The number of rotatable bonds is 8. The molecule has 1 N–H and O–H groups in total. The molecule has 0 heterocycles. The zero-order chi connectivity index (χ0) is 21.1. The van der Waals surface area contributed by atoms with Gasteiger partial charge in [0.25, 0.3) is 8.32 Å². The summed E-state index contributed by atoms with van der Waals surface area (Å²) in [5, 5.41) is 11.4. The molecule has 1 fully saturated rings. The normalized spacial score (nSPS) is 21.6. The minimum absolute atomic E-state index is 0.0922. The maximum absolute atomic E-state index is 12.4. The Morgan fingerprint density at radius 2 is 1.59 bits per heavy atom. The number of carbonyl (C=O) groups excluding carboxylic acids is 1. The molecular formula is C24H32O4Si. The van der Waals surface area contributed by atoms with Crippen molar-refractivity contribution in [3.63, 3.8) is 0 Å². The number of esters is 1. The van der Waals surface area contributed by atoms with Crippen LogP contribution in [0.3, 0.4) is 0 Å². The van der Waals surface area contributed by atoms with Gasteiger partial charge in [-0.05, 0) is 34.2 Å². The van der Waals surface area contributed by atoms with Crippen molar-refractivity contribution in [2.45, 2.75) is 45.6 Å². The molecule has 3 rings (SSSR count). The molecule has 0 aliphatic heterocycles. The summed E-state index contributed by atoms with van der Waals surface area (Å²) in [6, 6.07) is 21.0. The van der Waals surface area contributed by atoms with Crippen molar-refractivity contribution in [3.05, 3.63) is 60.7 Å². The third-order valence-electron chi connectivity index (χ3n) is 6.38. The molecule has 0 bridgehead atoms. The SMILES string of the molecule is CCC1(C(=O)OCO)CC1CO[Si](c1ccccc1)(c1ccccc1)C(C)(C)C. The second-order valence-corrected chi connectivity index (χ2v) is 13.3. The monoisotopic (exact) mass is 412 g/mol. The Kier molecular flexibility index (Phi) is 6.32. The van der Waals surface area contributed by atoms with E-state index < -0.39 is 20.5 Å². The van der Waals surface area contributed by atoms with E-state index >= 15 is 0 Å². The van der Waals surface area contributed by atoms with Gasteiger partial charge in [-0.3, -0.25) is 4.79 Å². The predicted octanol–water partition coefficient (Wildman–Crippen LogP) is 3.47. The van der Waals surface area contributed by atoms with Gasteiger partial charge in [0.15, 0.2) is 6.79 Å². The lowest BCUT2D eigenvalue weighted by Gasteiger charge is -2.43. The minimum Gasteiger partial charge on any atom is -0.438 e. The van der Waals surface area contributed by atoms with Crippen molar-refractivity contribution in [1.29, 1.82) is 0 Å². The number of aliphatic hydroxyl groups excluding tert-OH is 1. The summed E-state index contributed by atoms with van der Waals surface area (Å²) in [6.07, 6.45) is 1.45. The Morgan fingerprint density at radius 3 is 2.00 bits per heavy atom. The van der Waals surface area contributed by atoms with Gasteiger partial charge in [-0.15, -0.1) is 0 Å². The van der Waals surface area contributed by atoms with E-state index in [1.807, 2.05) is 19.1 Å². The van der Waals surface area contributed by atoms with Gasteiger partial charge in [-0.25, -0.2) is 0 Å². The van der Waals surface area contributed by atoms with Crippen molar-refractivity contribution in [1.82, 2.24) is 0 Å². The molecular weight excluding hydrogens is 380 g/mol. The molecule has 29 heavy (non-hydrogen) atoms. The van der Waals surface area contributed by atoms with Crippen LogP contribution in [0.4, 0.5) is 0 Å². The highest BCUT2D eigenvalue weighted by atomic mass is 28.4. The molecule has 0 aromatic heterocycles. The van der Waals surface area contributed by atoms with Gasteiger partial charge in [-0.2, -0.15) is 0 Å². The van der Waals surface area contributed by atoms with Crippen molar-refractivity contribution >= 4 is 24.7 Å². The highest BCUT2D eigenvalue weighted by Gasteiger charge is 2.61. The van der Waals surface area contributed by atoms with E-state index in [2.05, 4.69) is 69.3 Å². The molecule has 2 aromatic carbocycles. The summed E-state index contributed by atoms with van der Waals surface area (Å²) in [4.78, 5) is 12.4. The number of carbonyl (C=O) groups is 1. The molecule has 0 saturated heterocycles. The number of ether oxygens (including phenoxy) is 1. The highest BCUT2D eigenvalue weighted by Crippen LogP contribution is 2.56. The lowest BCUT2D eigenvalue weighted by molar-refractivity contribution is -0.159. The van der Waals surface area contributed by atoms with Crippen LogP contribution in [0.1, 0.15) is 40.5 Å². The van der Waals surface area contributed by atoms with Crippen LogP contribution >= 0.6 is 0 Å². The molecule has 1 saturated carbocycles. The zero-order valence-corrected chi connectivity index (χ0v) is 18.9. The van der Waals surface area contributed by atoms with E-state index in [1.165, 1.54) is 10.4 Å². The topological polar surface area (TPSA) is 55.8 Å². The average molecular weight is 413 g/mol. The summed E-state index contributed by atoms with van der Waals surface area (Å²) < 4.78 is 11.9. The maximum Gasteiger partial charge on any atom is 0.314 e. The smallest absolute Gasteiger partial charge is 0.314 e. The van der Waals surface area contributed by atoms with E-state index in [0.29, 0.717) is 13.0 Å². The van der Waals surface area contributed by atoms with Gasteiger partial charge in [0, 0.05) is 6.61 Å². The summed E-state index contributed by atoms with van der Waals surface area (Å²) in [7, 11) is -2.60. The van der Waals surface area contributed by atoms with Crippen LogP contribution in [0.15, 0.2) is 60.7 Å². The third kappa shape index (κ3) is 3.91. The molecule has 0 amide bonds. The first-order valence-corrected chi connectivity index (χ1v) is 12.3. The van der Waals surface area contributed by atoms with Gasteiger partial charge in [0.1, 0.15) is 0 Å². The minimum atomic E-state index is -2.60. The third-order valence-corrected chi connectivity index (χ3v) is 11.4. The Labute approximate surface area is 175 Å². The number of hydrogen-bond donors (Lipinski definition) is 1. The molecule has 4 nitrogen and oxygen atoms in total. The van der Waals surface area contributed by atoms with Crippen molar-refractivity contribution < 1.29 is 19.1 Å². The summed E-state index contributed by atoms with van der Waals surface area (Å²) >= 11 is 0. The number of hydrogen-bond acceptors (Lipinski definition) is 4. The molecule has 2 unspecified atom stereocenters. The maximum atomic E-state index is 12.4. The fourth-order valence-electron chi connectivity index (χ4n) is 4.62. The summed E-state index contributed by atoms with van der Waals surface area (Å²) in [5.74, 6) is -0.188. The van der Waals surface area contributed by atoms with E-state index in [9.17, 15) is 4.79 Å². The van der Waals surface area contributed by atoms with Crippen LogP contribution in [0, 0.1) is 11.3 Å². The fourth-order valence-corrected chi connectivity index (χ4v) is 9.22. The summed E-state index contributed by atoms with van der Waals surface area (Å²) in [5.41, 5.74) is -0.520. The van der Waals surface area contributed by atoms with Crippen LogP contribution < -0.4 is 10.4 Å². The second-order valence-electron chi connectivity index (χ2n) is 8.95. The van der Waals surface area contributed by atoms with Crippen molar-refractivity contribution in [3.8, 4) is 0 Å². The molecule has 1 aliphatic rings. The molecule has 0 spiro atoms. The Hall–Kier alpha value is -1.95. The molecule has 156 valence electrons. The first-order valence-electron chi connectivity index (χ1n) is 10.3. The van der Waals surface area contributed by atoms with E-state index in [-0.39, 0.29) is 16.9 Å². The van der Waals surface area contributed by atoms with Crippen LogP contribution in [0.5, 0.6) is 0 Å². The van der Waals surface area contributed by atoms with Gasteiger partial charge in [0.2, 0.25) is 0 Å². The van der Waals surface area contributed by atoms with Crippen LogP contribution in [-0.2, 0) is 14.0 Å². The zero-order valence-electron chi connectivity index (χ0n) is 17.9. The number of aliphatic hydroxyl groups is 1. The first kappa shape index (κ1) is 21.7. The van der Waals surface area contributed by atoms with Gasteiger partial charge < -0.3 is 14.3 Å². The Morgan fingerprint density at radius 1 is 1.07 bits per heavy atom. The quantitative estimate of drug-likeness (QED) is 0.410. The Bertz CT molecular complexity index is 776. The lowest BCUT2D eigenvalue weighted by atomic mass is 10.0. The van der Waals surface area contributed by atoms with Gasteiger partial charge in [-0.1, -0.05) is 88.4 Å². The van der Waals surface area contributed by atoms with Crippen LogP contribution in [-0.4, -0.2) is 32.8 Å². The molecule has 2 aromatic rings. The fraction of sp³-hybridized carbons (Fsp3) is 0.458. The van der Waals surface area contributed by atoms with Gasteiger partial charge >= 0.3 is 5.97 Å². The molecule has 5 heteroatoms. The molecule has 1 aliphatic carbocycles. The van der Waals surface area contributed by atoms with Crippen molar-refractivity contribution in [2.75, 3.05) is 13.4 Å². The van der Waals surface area contributed by atoms with Crippen LogP contribution in [0.25, 0.3) is 0 Å². The predicted molar refractivity (Wildman–Crippen MR) is 118 cm³/mol. The largest absolute Gasteiger partial charge is 0.438 e. The van der Waals surface area contributed by atoms with E-state index in [1.54, 1.807) is 0 Å². The summed E-state index contributed by atoms with van der Waals surface area (Å²) in [6.45, 7) is 8.70. The molecule has 0 radical (unpaired) electrons. The van der Waals surface area contributed by atoms with Crippen LogP contribution in [0.2, 0.25) is 5.04 Å². The second kappa shape index (κ2) is 8.42. The number of benzene rings is 2. The highest BCUT2D eigenvalue weighted by molar-refractivity contribution is 6.99. The van der Waals surface area contributed by atoms with E-state index in [0.717, 1.165) is 6.42 Å². The first-order chi connectivity index (χ1) is 13.8. The lowest BCUT2D eigenvalue weighted by Crippen LogP contribution is -2.66. The van der Waals surface area contributed by atoms with Crippen molar-refractivity contribution in [2.24, 2.45) is 11.3 Å². The average Bonchev–Trinajstić information content (AvgIpc) is 3.44. The van der Waals surface area contributed by atoms with E-state index in [4.69, 9.17) is 14.3 Å². The Balaban J connectivity index is 1.96. The van der Waals surface area contributed by atoms with Gasteiger partial charge in [0.05, 0.1) is 5.41 Å².